The second kappa shape index (κ2) is 15.7. The molecule has 262 valence electrons. The zero-order chi connectivity index (χ0) is 34.5. The highest BCUT2D eigenvalue weighted by atomic mass is 16.7. The highest BCUT2D eigenvalue weighted by Crippen LogP contribution is 2.38. The van der Waals surface area contributed by atoms with Crippen LogP contribution in [0.5, 0.6) is 0 Å². The van der Waals surface area contributed by atoms with Crippen molar-refractivity contribution in [3.05, 3.63) is 120 Å². The van der Waals surface area contributed by atoms with Crippen molar-refractivity contribution in [1.29, 1.82) is 0 Å². The van der Waals surface area contributed by atoms with Crippen LogP contribution in [0.1, 0.15) is 29.3 Å². The van der Waals surface area contributed by atoms with Gasteiger partial charge in [-0.05, 0) is 29.5 Å². The molecule has 2 aromatic heterocycles. The average molecular weight is 684 g/mol. The number of aliphatic hydroxyl groups excluding tert-OH is 3. The lowest BCUT2D eigenvalue weighted by atomic mass is 9.98. The minimum atomic E-state index is -1.39. The number of aliphatic hydroxyl groups is 3. The lowest BCUT2D eigenvalue weighted by Gasteiger charge is -2.43. The van der Waals surface area contributed by atoms with E-state index in [1.165, 1.54) is 12.7 Å². The van der Waals surface area contributed by atoms with E-state index in [4.69, 9.17) is 29.4 Å². The summed E-state index contributed by atoms with van der Waals surface area (Å²) in [5.41, 5.74) is 9.73. The molecule has 0 amide bonds. The highest BCUT2D eigenvalue weighted by molar-refractivity contribution is 5.81. The summed E-state index contributed by atoms with van der Waals surface area (Å²) in [7, 11) is 0. The molecule has 13 heteroatoms. The Morgan fingerprint density at radius 1 is 0.700 bits per heavy atom. The van der Waals surface area contributed by atoms with Gasteiger partial charge < -0.3 is 44.7 Å². The van der Waals surface area contributed by atoms with E-state index in [1.807, 2.05) is 91.0 Å². The number of benzene rings is 3. The van der Waals surface area contributed by atoms with Gasteiger partial charge in [-0.1, -0.05) is 91.0 Å². The summed E-state index contributed by atoms with van der Waals surface area (Å²) in [6.07, 6.45) is -5.76. The molecule has 5 N–H and O–H groups in total. The summed E-state index contributed by atoms with van der Waals surface area (Å²) in [5, 5.41) is 34.5. The number of aryl methyl sites for hydroxylation is 1. The Bertz CT molecular complexity index is 1800. The Kier molecular flexibility index (Phi) is 10.7. The molecule has 0 unspecified atom stereocenters. The number of nitrogens with zero attached hydrogens (tertiary/aromatic N) is 4. The van der Waals surface area contributed by atoms with Crippen LogP contribution in [-0.4, -0.2) is 90.5 Å². The van der Waals surface area contributed by atoms with Crippen molar-refractivity contribution in [3.63, 3.8) is 0 Å². The molecule has 0 bridgehead atoms. The Balaban J connectivity index is 1.15. The number of rotatable bonds is 13. The summed E-state index contributed by atoms with van der Waals surface area (Å²) < 4.78 is 33.2. The number of hydrogen-bond acceptors (Lipinski definition) is 12. The van der Waals surface area contributed by atoms with Crippen LogP contribution in [0.4, 0.5) is 5.82 Å². The lowest BCUT2D eigenvalue weighted by molar-refractivity contribution is -0.328. The summed E-state index contributed by atoms with van der Waals surface area (Å²) in [4.78, 5) is 12.7. The molecule has 2 aliphatic heterocycles. The van der Waals surface area contributed by atoms with E-state index >= 15 is 0 Å². The SMILES string of the molecule is Nc1ncnc2c1ncn2[C@@H]1O[C@H](CCc2ccccc2)[C@@H](O[C@H]2O[C@H](COCc3ccccc3)[C@@H](O)[C@H](O)[C@H]2OCc2ccccc2)[C@H]1O. The lowest BCUT2D eigenvalue weighted by Crippen LogP contribution is -2.61. The van der Waals surface area contributed by atoms with Crippen LogP contribution in [0.25, 0.3) is 11.2 Å². The van der Waals surface area contributed by atoms with Crippen molar-refractivity contribution in [2.45, 2.75) is 81.3 Å². The van der Waals surface area contributed by atoms with E-state index in [1.54, 1.807) is 4.57 Å². The van der Waals surface area contributed by atoms with Gasteiger partial charge in [0.1, 0.15) is 48.5 Å². The third-order valence-corrected chi connectivity index (χ3v) is 9.15. The fourth-order valence-electron chi connectivity index (χ4n) is 6.48. The maximum Gasteiger partial charge on any atom is 0.187 e. The summed E-state index contributed by atoms with van der Waals surface area (Å²) in [6, 6.07) is 29.0. The Morgan fingerprint density at radius 3 is 2.06 bits per heavy atom. The topological polar surface area (TPSA) is 176 Å². The molecule has 2 fully saturated rings. The average Bonchev–Trinajstić information content (AvgIpc) is 3.71. The molecule has 0 spiro atoms. The minimum absolute atomic E-state index is 0.0235. The van der Waals surface area contributed by atoms with Gasteiger partial charge in [-0.2, -0.15) is 0 Å². The normalized spacial score (nSPS) is 28.3. The van der Waals surface area contributed by atoms with Gasteiger partial charge in [-0.15, -0.1) is 0 Å². The summed E-state index contributed by atoms with van der Waals surface area (Å²) in [5.74, 6) is 0.205. The Hall–Kier alpha value is -4.31. The highest BCUT2D eigenvalue weighted by Gasteiger charge is 2.52. The van der Waals surface area contributed by atoms with Crippen LogP contribution >= 0.6 is 0 Å². The zero-order valence-electron chi connectivity index (χ0n) is 27.3. The summed E-state index contributed by atoms with van der Waals surface area (Å²) in [6.45, 7) is 0.387. The quantitative estimate of drug-likeness (QED) is 0.143. The van der Waals surface area contributed by atoms with Gasteiger partial charge in [0.15, 0.2) is 24.0 Å². The Labute approximate surface area is 289 Å². The molecule has 2 aliphatic rings. The van der Waals surface area contributed by atoms with Crippen LogP contribution in [-0.2, 0) is 43.3 Å². The van der Waals surface area contributed by atoms with Crippen LogP contribution in [0.15, 0.2) is 104 Å². The van der Waals surface area contributed by atoms with Crippen molar-refractivity contribution < 1.29 is 39.0 Å². The standard InChI is InChI=1S/C37H41N5O8/c38-34-28-35(40-21-39-34)42(22-41-28)36-31(45)32(26(48-36)17-16-23-10-4-1-5-11-23)50-37-33(47-19-25-14-8-3-9-15-25)30(44)29(43)27(49-37)20-46-18-24-12-6-2-7-13-24/h1-15,21-22,26-27,29-33,36-37,43-45H,16-20H2,(H2,38,39,40)/t26-,27-,29-,30+,31-,32-,33-,36-,37-/m1/s1. The molecule has 2 saturated heterocycles. The van der Waals surface area contributed by atoms with Crippen molar-refractivity contribution >= 4 is 17.0 Å². The van der Waals surface area contributed by atoms with Gasteiger partial charge in [-0.25, -0.2) is 15.0 Å². The van der Waals surface area contributed by atoms with Crippen LogP contribution in [0.3, 0.4) is 0 Å². The van der Waals surface area contributed by atoms with Crippen LogP contribution < -0.4 is 5.73 Å². The van der Waals surface area contributed by atoms with E-state index in [2.05, 4.69) is 15.0 Å². The first-order valence-electron chi connectivity index (χ1n) is 16.7. The molecule has 0 aliphatic carbocycles. The van der Waals surface area contributed by atoms with E-state index in [-0.39, 0.29) is 25.6 Å². The second-order valence-corrected chi connectivity index (χ2v) is 12.5. The fraction of sp³-hybridized carbons (Fsp3) is 0.378. The number of fused-ring (bicyclic) bond motifs is 1. The molecule has 5 aromatic rings. The van der Waals surface area contributed by atoms with E-state index in [9.17, 15) is 15.3 Å². The van der Waals surface area contributed by atoms with Crippen LogP contribution in [0.2, 0.25) is 0 Å². The summed E-state index contributed by atoms with van der Waals surface area (Å²) >= 11 is 0. The molecule has 0 radical (unpaired) electrons. The molecule has 4 heterocycles. The first-order chi connectivity index (χ1) is 24.5. The monoisotopic (exact) mass is 683 g/mol. The predicted octanol–water partition coefficient (Wildman–Crippen LogP) is 2.93. The number of imidazole rings is 1. The van der Waals surface area contributed by atoms with E-state index in [0.717, 1.165) is 16.7 Å². The van der Waals surface area contributed by atoms with Gasteiger partial charge in [0, 0.05) is 0 Å². The molecule has 13 nitrogen and oxygen atoms in total. The van der Waals surface area contributed by atoms with Crippen molar-refractivity contribution in [2.24, 2.45) is 0 Å². The van der Waals surface area contributed by atoms with E-state index in [0.29, 0.717) is 24.0 Å². The molecular weight excluding hydrogens is 642 g/mol. The number of nitrogen functional groups attached to an aromatic ring is 1. The number of aromatic nitrogens is 4. The zero-order valence-corrected chi connectivity index (χ0v) is 27.3. The van der Waals surface area contributed by atoms with Gasteiger partial charge >= 0.3 is 0 Å². The van der Waals surface area contributed by atoms with Gasteiger partial charge in [0.25, 0.3) is 0 Å². The molecular formula is C37H41N5O8. The first kappa shape index (κ1) is 34.2. The molecule has 7 rings (SSSR count). The van der Waals surface area contributed by atoms with Crippen molar-refractivity contribution in [2.75, 3.05) is 12.3 Å². The van der Waals surface area contributed by atoms with Crippen LogP contribution in [0, 0.1) is 0 Å². The second-order valence-electron chi connectivity index (χ2n) is 12.5. The van der Waals surface area contributed by atoms with Crippen molar-refractivity contribution in [3.8, 4) is 0 Å². The number of ether oxygens (including phenoxy) is 5. The fourth-order valence-corrected chi connectivity index (χ4v) is 6.48. The van der Waals surface area contributed by atoms with Gasteiger partial charge in [0.05, 0.1) is 32.3 Å². The number of nitrogens with two attached hydrogens (primary N) is 1. The maximum atomic E-state index is 11.9. The minimum Gasteiger partial charge on any atom is -0.387 e. The molecule has 50 heavy (non-hydrogen) atoms. The van der Waals surface area contributed by atoms with E-state index < -0.39 is 55.2 Å². The number of anilines is 1. The van der Waals surface area contributed by atoms with Gasteiger partial charge in [0.2, 0.25) is 0 Å². The van der Waals surface area contributed by atoms with Crippen molar-refractivity contribution in [1.82, 2.24) is 19.5 Å². The number of hydrogen-bond donors (Lipinski definition) is 4. The maximum absolute atomic E-state index is 11.9. The smallest absolute Gasteiger partial charge is 0.187 e. The molecule has 0 saturated carbocycles. The predicted molar refractivity (Wildman–Crippen MR) is 181 cm³/mol. The first-order valence-corrected chi connectivity index (χ1v) is 16.7. The third kappa shape index (κ3) is 7.55. The molecule has 9 atom stereocenters. The molecule has 3 aromatic carbocycles. The third-order valence-electron chi connectivity index (χ3n) is 9.15. The Morgan fingerprint density at radius 2 is 1.36 bits per heavy atom. The van der Waals surface area contributed by atoms with Gasteiger partial charge in [-0.3, -0.25) is 4.57 Å². The largest absolute Gasteiger partial charge is 0.387 e.